The van der Waals surface area contributed by atoms with Crippen LogP contribution in [-0.2, 0) is 16.8 Å². The molecule has 0 spiro atoms. The Morgan fingerprint density at radius 3 is 2.12 bits per heavy atom. The van der Waals surface area contributed by atoms with Gasteiger partial charge >= 0.3 is 0 Å². The molecule has 2 N–H and O–H groups in total. The molecule has 0 aromatic heterocycles. The summed E-state index contributed by atoms with van der Waals surface area (Å²) >= 11 is 0. The number of ether oxygens (including phenoxy) is 1. The molecule has 0 radical (unpaired) electrons. The van der Waals surface area contributed by atoms with Crippen LogP contribution >= 0.6 is 0 Å². The smallest absolute Gasteiger partial charge is 0.141 e. The number of phenolic OH excluding ortho intramolecular Hbond substituents is 1. The molecule has 160 valence electrons. The Hall–Kier alpha value is -3.76. The van der Waals surface area contributed by atoms with Gasteiger partial charge in [-0.1, -0.05) is 97.1 Å². The summed E-state index contributed by atoms with van der Waals surface area (Å²) in [6, 6.07) is 26.5. The zero-order valence-corrected chi connectivity index (χ0v) is 17.6. The SMILES string of the molecule is Oc1ccc(C[C@H]2CO/C(=C3\C=CC=C3C(O)(c3ccccc3)c3ccccc3)[N-]2)cc1. The third kappa shape index (κ3) is 3.70. The van der Waals surface area contributed by atoms with Gasteiger partial charge in [-0.3, -0.25) is 0 Å². The van der Waals surface area contributed by atoms with Crippen LogP contribution in [0.5, 0.6) is 5.75 Å². The van der Waals surface area contributed by atoms with E-state index < -0.39 is 5.60 Å². The fourth-order valence-corrected chi connectivity index (χ4v) is 4.33. The Labute approximate surface area is 187 Å². The zero-order chi connectivity index (χ0) is 22.0. The molecule has 0 amide bonds. The molecule has 2 aliphatic rings. The Balaban J connectivity index is 1.48. The molecular formula is C28H24NO3-. The molecule has 0 saturated carbocycles. The fourth-order valence-electron chi connectivity index (χ4n) is 4.33. The van der Waals surface area contributed by atoms with Crippen molar-refractivity contribution in [2.24, 2.45) is 0 Å². The molecular weight excluding hydrogens is 398 g/mol. The number of hydrogen-bond acceptors (Lipinski definition) is 3. The minimum absolute atomic E-state index is 0.0150. The molecule has 0 bridgehead atoms. The van der Waals surface area contributed by atoms with Crippen molar-refractivity contribution in [1.82, 2.24) is 0 Å². The van der Waals surface area contributed by atoms with Gasteiger partial charge in [0.05, 0.1) is 6.61 Å². The Morgan fingerprint density at radius 1 is 0.875 bits per heavy atom. The third-order valence-electron chi connectivity index (χ3n) is 5.94. The van der Waals surface area contributed by atoms with Crippen LogP contribution in [0.3, 0.4) is 0 Å². The Bertz CT molecular complexity index is 1140. The highest BCUT2D eigenvalue weighted by Crippen LogP contribution is 2.45. The van der Waals surface area contributed by atoms with Gasteiger partial charge in [0.2, 0.25) is 0 Å². The summed E-state index contributed by atoms with van der Waals surface area (Å²) in [6.45, 7) is 0.482. The second kappa shape index (κ2) is 8.40. The summed E-state index contributed by atoms with van der Waals surface area (Å²) < 4.78 is 6.00. The van der Waals surface area contributed by atoms with Crippen LogP contribution < -0.4 is 0 Å². The van der Waals surface area contributed by atoms with Gasteiger partial charge in [0.1, 0.15) is 11.4 Å². The molecule has 1 aliphatic carbocycles. The highest BCUT2D eigenvalue weighted by molar-refractivity contribution is 5.62. The molecule has 3 aromatic carbocycles. The van der Waals surface area contributed by atoms with Gasteiger partial charge < -0.3 is 20.3 Å². The largest absolute Gasteiger partial charge is 0.648 e. The Kier molecular flexibility index (Phi) is 5.29. The molecule has 1 aliphatic heterocycles. The number of aromatic hydroxyl groups is 1. The van der Waals surface area contributed by atoms with Crippen LogP contribution in [0.25, 0.3) is 5.32 Å². The number of rotatable bonds is 5. The molecule has 1 atom stereocenters. The van der Waals surface area contributed by atoms with Crippen molar-refractivity contribution >= 4 is 0 Å². The van der Waals surface area contributed by atoms with E-state index in [9.17, 15) is 10.2 Å². The van der Waals surface area contributed by atoms with E-state index in [2.05, 4.69) is 0 Å². The number of phenols is 1. The molecule has 4 heteroatoms. The maximum Gasteiger partial charge on any atom is 0.141 e. The number of hydrogen-bond donors (Lipinski definition) is 2. The van der Waals surface area contributed by atoms with E-state index in [4.69, 9.17) is 10.1 Å². The van der Waals surface area contributed by atoms with Crippen LogP contribution in [0.15, 0.2) is 120 Å². The fraction of sp³-hybridized carbons (Fsp3) is 0.143. The highest BCUT2D eigenvalue weighted by atomic mass is 16.5. The summed E-state index contributed by atoms with van der Waals surface area (Å²) in [7, 11) is 0. The number of aliphatic hydroxyl groups is 1. The minimum Gasteiger partial charge on any atom is -0.648 e. The predicted octanol–water partition coefficient (Wildman–Crippen LogP) is 5.35. The van der Waals surface area contributed by atoms with Gasteiger partial charge in [0.25, 0.3) is 0 Å². The molecule has 4 nitrogen and oxygen atoms in total. The quantitative estimate of drug-likeness (QED) is 0.582. The van der Waals surface area contributed by atoms with Crippen molar-refractivity contribution < 1.29 is 14.9 Å². The zero-order valence-electron chi connectivity index (χ0n) is 17.6. The van der Waals surface area contributed by atoms with Crippen LogP contribution in [0, 0.1) is 0 Å². The normalized spacial score (nSPS) is 20.0. The van der Waals surface area contributed by atoms with Crippen molar-refractivity contribution in [2.75, 3.05) is 6.61 Å². The first-order valence-electron chi connectivity index (χ1n) is 10.7. The second-order valence-electron chi connectivity index (χ2n) is 8.07. The molecule has 3 aromatic rings. The van der Waals surface area contributed by atoms with Crippen LogP contribution in [-0.4, -0.2) is 22.9 Å². The number of allylic oxidation sites excluding steroid dienone is 3. The lowest BCUT2D eigenvalue weighted by Gasteiger charge is -2.33. The highest BCUT2D eigenvalue weighted by Gasteiger charge is 2.38. The first kappa shape index (κ1) is 20.2. The van der Waals surface area contributed by atoms with Crippen molar-refractivity contribution in [3.05, 3.63) is 142 Å². The monoisotopic (exact) mass is 422 g/mol. The van der Waals surface area contributed by atoms with Gasteiger partial charge in [-0.2, -0.15) is 0 Å². The summed E-state index contributed by atoms with van der Waals surface area (Å²) in [6.07, 6.45) is 6.55. The minimum atomic E-state index is -1.33. The predicted molar refractivity (Wildman–Crippen MR) is 125 cm³/mol. The number of benzene rings is 3. The number of nitrogens with zero attached hydrogens (tertiary/aromatic N) is 1. The van der Waals surface area contributed by atoms with Gasteiger partial charge in [-0.15, -0.1) is 0 Å². The molecule has 32 heavy (non-hydrogen) atoms. The molecule has 1 fully saturated rings. The maximum atomic E-state index is 12.1. The summed E-state index contributed by atoms with van der Waals surface area (Å²) in [5, 5.41) is 26.5. The molecule has 0 unspecified atom stereocenters. The molecule has 1 heterocycles. The summed E-state index contributed by atoms with van der Waals surface area (Å²) in [4.78, 5) is 0. The lowest BCUT2D eigenvalue weighted by molar-refractivity contribution is 0.123. The van der Waals surface area contributed by atoms with E-state index >= 15 is 0 Å². The Morgan fingerprint density at radius 2 is 1.50 bits per heavy atom. The van der Waals surface area contributed by atoms with Gasteiger partial charge in [-0.25, -0.2) is 0 Å². The van der Waals surface area contributed by atoms with Crippen LogP contribution in [0.1, 0.15) is 16.7 Å². The first-order valence-corrected chi connectivity index (χ1v) is 10.7. The van der Waals surface area contributed by atoms with Gasteiger partial charge in [0.15, 0.2) is 0 Å². The lowest BCUT2D eigenvalue weighted by atomic mass is 9.78. The second-order valence-corrected chi connectivity index (χ2v) is 8.07. The summed E-state index contributed by atoms with van der Waals surface area (Å²) in [5.41, 5.74) is 2.89. The van der Waals surface area contributed by atoms with Crippen molar-refractivity contribution in [2.45, 2.75) is 18.1 Å². The van der Waals surface area contributed by atoms with Crippen LogP contribution in [0.4, 0.5) is 0 Å². The van der Waals surface area contributed by atoms with E-state index in [1.54, 1.807) is 12.1 Å². The topological polar surface area (TPSA) is 63.8 Å². The van der Waals surface area contributed by atoms with Crippen molar-refractivity contribution in [1.29, 1.82) is 0 Å². The van der Waals surface area contributed by atoms with E-state index in [0.29, 0.717) is 12.5 Å². The maximum absolute atomic E-state index is 12.1. The average molecular weight is 423 g/mol. The third-order valence-corrected chi connectivity index (χ3v) is 5.94. The van der Waals surface area contributed by atoms with E-state index in [1.807, 2.05) is 91.0 Å². The lowest BCUT2D eigenvalue weighted by Crippen LogP contribution is -2.30. The van der Waals surface area contributed by atoms with E-state index in [1.165, 1.54) is 0 Å². The van der Waals surface area contributed by atoms with Crippen molar-refractivity contribution in [3.8, 4) is 5.75 Å². The van der Waals surface area contributed by atoms with Gasteiger partial charge in [0, 0.05) is 17.0 Å². The van der Waals surface area contributed by atoms with Crippen LogP contribution in [0.2, 0.25) is 0 Å². The first-order chi connectivity index (χ1) is 15.6. The molecule has 1 saturated heterocycles. The van der Waals surface area contributed by atoms with E-state index in [0.717, 1.165) is 34.3 Å². The van der Waals surface area contributed by atoms with Crippen molar-refractivity contribution in [3.63, 3.8) is 0 Å². The standard InChI is InChI=1S/C28H24NO3/c30-24-16-14-20(15-17-24)18-23-19-32-27(29-23)25-12-7-13-26(25)28(31,21-8-3-1-4-9-21)22-10-5-2-6-11-22/h1-17,23,30-31H,18-19H2/q-1/b27-25+/t23-/m0/s1. The molecule has 5 rings (SSSR count). The van der Waals surface area contributed by atoms with E-state index in [-0.39, 0.29) is 11.8 Å². The van der Waals surface area contributed by atoms with Gasteiger partial charge in [-0.05, 0) is 35.2 Å². The summed E-state index contributed by atoms with van der Waals surface area (Å²) in [5.74, 6) is 0.808. The average Bonchev–Trinajstić information content (AvgIpc) is 3.51.